The Balaban J connectivity index is 1.95. The molecule has 2 N–H and O–H groups in total. The lowest BCUT2D eigenvalue weighted by atomic mass is 9.95. The zero-order valence-corrected chi connectivity index (χ0v) is 37.2. The smallest absolute Gasteiger partial charge is 0.303 e. The van der Waals surface area contributed by atoms with Crippen molar-refractivity contribution in [1.29, 1.82) is 0 Å². The molecule has 3 aliphatic heterocycles. The van der Waals surface area contributed by atoms with Crippen LogP contribution in [0.3, 0.4) is 0 Å². The number of carbonyl (C=O) groups is 8. The molecular weight excluding hydrogens is 910 g/mol. The van der Waals surface area contributed by atoms with E-state index in [2.05, 4.69) is 0 Å². The number of esters is 8. The molecule has 0 amide bonds. The summed E-state index contributed by atoms with van der Waals surface area (Å²) in [6.45, 7) is 5.50. The predicted molar refractivity (Wildman–Crippen MR) is 209 cm³/mol. The lowest BCUT2D eigenvalue weighted by molar-refractivity contribution is -0.385. The Labute approximate surface area is 380 Å². The Morgan fingerprint density at radius 3 is 1.22 bits per heavy atom. The summed E-state index contributed by atoms with van der Waals surface area (Å²) in [6, 6.07) is 4.39. The molecule has 27 heteroatoms. The van der Waals surface area contributed by atoms with Crippen molar-refractivity contribution in [1.82, 2.24) is 0 Å². The summed E-state index contributed by atoms with van der Waals surface area (Å²) in [7, 11) is 0. The van der Waals surface area contributed by atoms with Crippen molar-refractivity contribution in [3.05, 3.63) is 34.4 Å². The van der Waals surface area contributed by atoms with E-state index in [9.17, 15) is 58.7 Å². The number of rotatable bonds is 18. The molecule has 0 spiro atoms. The summed E-state index contributed by atoms with van der Waals surface area (Å²) >= 11 is 0. The quantitative estimate of drug-likeness (QED) is 0.0770. The van der Waals surface area contributed by atoms with E-state index >= 15 is 0 Å². The molecule has 3 fully saturated rings. The third-order valence-electron chi connectivity index (χ3n) is 9.58. The maximum atomic E-state index is 12.7. The first kappa shape index (κ1) is 53.5. The average Bonchev–Trinajstić information content (AvgIpc) is 3.21. The van der Waals surface area contributed by atoms with Crippen LogP contribution >= 0.6 is 0 Å². The Morgan fingerprint density at radius 1 is 0.507 bits per heavy atom. The molecule has 0 radical (unpaired) electrons. The molecule has 67 heavy (non-hydrogen) atoms. The van der Waals surface area contributed by atoms with Crippen LogP contribution in [0.5, 0.6) is 5.75 Å². The molecule has 15 atom stereocenters. The second-order valence-electron chi connectivity index (χ2n) is 14.9. The topological polar surface area (TPSA) is 349 Å². The fraction of sp³-hybridized carbons (Fsp3) is 0.650. The lowest BCUT2D eigenvalue weighted by Crippen LogP contribution is -2.69. The highest BCUT2D eigenvalue weighted by molar-refractivity contribution is 5.70. The van der Waals surface area contributed by atoms with Crippen molar-refractivity contribution in [2.45, 2.75) is 148 Å². The van der Waals surface area contributed by atoms with Gasteiger partial charge in [0, 0.05) is 67.5 Å². The van der Waals surface area contributed by atoms with Crippen molar-refractivity contribution < 1.29 is 120 Å². The highest BCUT2D eigenvalue weighted by Gasteiger charge is 2.59. The third kappa shape index (κ3) is 14.9. The van der Waals surface area contributed by atoms with Crippen LogP contribution in [0.1, 0.15) is 55.4 Å². The molecule has 3 heterocycles. The van der Waals surface area contributed by atoms with Gasteiger partial charge >= 0.3 is 47.8 Å². The fourth-order valence-electron chi connectivity index (χ4n) is 7.12. The van der Waals surface area contributed by atoms with Gasteiger partial charge in [0.15, 0.2) is 55.3 Å². The number of ether oxygens (including phenoxy) is 14. The van der Waals surface area contributed by atoms with E-state index in [0.29, 0.717) is 0 Å². The largest absolute Gasteiger partial charge is 0.463 e. The normalized spacial score (nSPS) is 31.4. The molecular formula is C40H51NO26. The first-order valence-electron chi connectivity index (χ1n) is 20.3. The Hall–Kier alpha value is -6.10. The average molecular weight is 962 g/mol. The van der Waals surface area contributed by atoms with Crippen LogP contribution in [0.15, 0.2) is 24.3 Å². The van der Waals surface area contributed by atoms with Crippen LogP contribution in [-0.2, 0) is 99.9 Å². The number of aliphatic hydroxyl groups excluding tert-OH is 2. The first-order chi connectivity index (χ1) is 31.5. The molecule has 372 valence electrons. The van der Waals surface area contributed by atoms with Crippen LogP contribution in [-0.4, -0.2) is 175 Å². The van der Waals surface area contributed by atoms with E-state index in [1.54, 1.807) is 0 Å². The number of carbonyl (C=O) groups excluding carboxylic acids is 8. The summed E-state index contributed by atoms with van der Waals surface area (Å²) in [6.07, 6.45) is -27.6. The maximum Gasteiger partial charge on any atom is 0.303 e. The van der Waals surface area contributed by atoms with Crippen molar-refractivity contribution >= 4 is 53.4 Å². The maximum absolute atomic E-state index is 12.7. The molecule has 3 aliphatic rings. The first-order valence-corrected chi connectivity index (χ1v) is 20.3. The van der Waals surface area contributed by atoms with E-state index in [1.165, 1.54) is 0 Å². The number of nitro benzene ring substituents is 1. The van der Waals surface area contributed by atoms with Gasteiger partial charge in [0.1, 0.15) is 49.5 Å². The van der Waals surface area contributed by atoms with Gasteiger partial charge in [-0.3, -0.25) is 48.5 Å². The molecule has 27 nitrogen and oxygen atoms in total. The van der Waals surface area contributed by atoms with E-state index < -0.39 is 165 Å². The minimum absolute atomic E-state index is 0.162. The van der Waals surface area contributed by atoms with Crippen LogP contribution in [0.25, 0.3) is 0 Å². The number of hydrogen-bond acceptors (Lipinski definition) is 26. The SMILES string of the molecule is CC(=O)OCC1O[C@@H](OC2[C@H](Oc3ccc([N+](=O)[O-])cc3)OC(CO)[C@@H](O)[C@@H]2O[C@@H]2OC(COC(C)=O)[C@@H](OC(C)=O)C(OC(C)=O)C2OC(C)=O)C(OC(C)=O)C(OC(C)=O)[C@@H]1OC(C)=O. The second-order valence-corrected chi connectivity index (χ2v) is 14.9. The highest BCUT2D eigenvalue weighted by atomic mass is 16.8. The van der Waals surface area contributed by atoms with Gasteiger partial charge in [-0.05, 0) is 12.1 Å². The minimum atomic E-state index is -2.05. The molecule has 0 saturated carbocycles. The van der Waals surface area contributed by atoms with Crippen molar-refractivity contribution in [2.75, 3.05) is 19.8 Å². The van der Waals surface area contributed by atoms with Gasteiger partial charge in [0.2, 0.25) is 6.29 Å². The van der Waals surface area contributed by atoms with Gasteiger partial charge in [-0.25, -0.2) is 0 Å². The number of aliphatic hydroxyl groups is 2. The number of nitrogens with zero attached hydrogens (tertiary/aromatic N) is 1. The van der Waals surface area contributed by atoms with Gasteiger partial charge in [0.25, 0.3) is 5.69 Å². The van der Waals surface area contributed by atoms with Gasteiger partial charge in [-0.2, -0.15) is 0 Å². The van der Waals surface area contributed by atoms with Crippen LogP contribution in [0.4, 0.5) is 5.69 Å². The molecule has 3 saturated heterocycles. The van der Waals surface area contributed by atoms with Crippen molar-refractivity contribution in [2.24, 2.45) is 0 Å². The Morgan fingerprint density at radius 2 is 0.866 bits per heavy atom. The fourth-order valence-corrected chi connectivity index (χ4v) is 7.12. The highest BCUT2D eigenvalue weighted by Crippen LogP contribution is 2.38. The van der Waals surface area contributed by atoms with Crippen LogP contribution < -0.4 is 4.74 Å². The Kier molecular flexibility index (Phi) is 19.2. The van der Waals surface area contributed by atoms with E-state index in [-0.39, 0.29) is 11.4 Å². The van der Waals surface area contributed by atoms with Gasteiger partial charge in [-0.1, -0.05) is 0 Å². The summed E-state index contributed by atoms with van der Waals surface area (Å²) in [5.41, 5.74) is -0.365. The molecule has 4 rings (SSSR count). The molecule has 0 bridgehead atoms. The summed E-state index contributed by atoms with van der Waals surface area (Å²) in [5.74, 6) is -7.83. The standard InChI is InChI=1S/C40H51NO26/c1-16(43)54-14-27-30(56-18(3)45)33(58-20(5)47)36(60-22(7)49)39(64-27)66-32-29(51)26(13-42)63-38(62-25-11-9-24(10-12-25)41(52)53)35(32)67-40-37(61-23(8)50)34(59-21(6)48)31(57-19(4)46)28(65-40)15-55-17(2)44/h9-12,26-40,42,51H,13-15H2,1-8H3/t26?,27?,28?,29-,30-,31-,32+,33?,34?,35?,36?,37?,38-,39+,40+/m1/s1. The number of nitro groups is 1. The van der Waals surface area contributed by atoms with Crippen LogP contribution in [0.2, 0.25) is 0 Å². The summed E-state index contributed by atoms with van der Waals surface area (Å²) in [5, 5.41) is 33.9. The second kappa shape index (κ2) is 24.1. The molecule has 0 aromatic heterocycles. The van der Waals surface area contributed by atoms with Gasteiger partial charge < -0.3 is 76.5 Å². The molecule has 8 unspecified atom stereocenters. The predicted octanol–water partition coefficient (Wildman–Crippen LogP) is -1.01. The number of hydrogen-bond donors (Lipinski definition) is 2. The van der Waals surface area contributed by atoms with E-state index in [1.807, 2.05) is 0 Å². The monoisotopic (exact) mass is 961 g/mol. The van der Waals surface area contributed by atoms with Crippen LogP contribution in [0, 0.1) is 10.1 Å². The molecule has 1 aromatic carbocycles. The van der Waals surface area contributed by atoms with Gasteiger partial charge in [0.05, 0.1) is 11.5 Å². The summed E-state index contributed by atoms with van der Waals surface area (Å²) < 4.78 is 80.2. The van der Waals surface area contributed by atoms with E-state index in [0.717, 1.165) is 79.7 Å². The zero-order chi connectivity index (χ0) is 49.9. The number of benzene rings is 1. The summed E-state index contributed by atoms with van der Waals surface area (Å²) in [4.78, 5) is 110. The van der Waals surface area contributed by atoms with Gasteiger partial charge in [-0.15, -0.1) is 0 Å². The zero-order valence-electron chi connectivity index (χ0n) is 37.2. The van der Waals surface area contributed by atoms with Crippen molar-refractivity contribution in [3.63, 3.8) is 0 Å². The molecule has 1 aromatic rings. The number of non-ortho nitro benzene ring substituents is 1. The van der Waals surface area contributed by atoms with E-state index in [4.69, 9.17) is 66.3 Å². The minimum Gasteiger partial charge on any atom is -0.463 e. The lowest BCUT2D eigenvalue weighted by Gasteiger charge is -2.50. The third-order valence-corrected chi connectivity index (χ3v) is 9.58. The van der Waals surface area contributed by atoms with Crippen molar-refractivity contribution in [3.8, 4) is 5.75 Å². The molecule has 0 aliphatic carbocycles. The Bertz CT molecular complexity index is 1960.